The molecule has 19 heavy (non-hydrogen) atoms. The summed E-state index contributed by atoms with van der Waals surface area (Å²) in [5.41, 5.74) is 1.17. The van der Waals surface area contributed by atoms with Crippen molar-refractivity contribution in [3.05, 3.63) is 34.9 Å². The summed E-state index contributed by atoms with van der Waals surface area (Å²) in [6.45, 7) is 3.53. The molecule has 0 fully saturated rings. The van der Waals surface area contributed by atoms with Gasteiger partial charge >= 0.3 is 6.18 Å². The summed E-state index contributed by atoms with van der Waals surface area (Å²) < 4.78 is 53.8. The topological polar surface area (TPSA) is 35.4 Å². The molecular weight excluding hydrogens is 275 g/mol. The number of fused-ring (bicyclic) bond motifs is 1. The minimum absolute atomic E-state index is 0.137. The Morgan fingerprint density at radius 1 is 1.26 bits per heavy atom. The average Bonchev–Trinajstić information content (AvgIpc) is 2.70. The van der Waals surface area contributed by atoms with Gasteiger partial charge in [0.1, 0.15) is 5.25 Å². The van der Waals surface area contributed by atoms with E-state index in [1.54, 1.807) is 13.8 Å². The fourth-order valence-electron chi connectivity index (χ4n) is 1.94. The first-order valence-corrected chi connectivity index (χ1v) is 7.15. The molecule has 104 valence electrons. The van der Waals surface area contributed by atoms with Gasteiger partial charge in [-0.1, -0.05) is 10.5 Å². The zero-order chi connectivity index (χ0) is 14.2. The van der Waals surface area contributed by atoms with E-state index in [0.717, 1.165) is 17.7 Å². The zero-order valence-electron chi connectivity index (χ0n) is 10.6. The number of hydrogen-bond donors (Lipinski definition) is 0. The van der Waals surface area contributed by atoms with Crippen LogP contribution in [0.2, 0.25) is 0 Å². The van der Waals surface area contributed by atoms with Crippen LogP contribution in [0.15, 0.2) is 22.6 Å². The van der Waals surface area contributed by atoms with Gasteiger partial charge in [0.2, 0.25) is 0 Å². The molecule has 0 aliphatic heterocycles. The Morgan fingerprint density at radius 3 is 2.53 bits per heavy atom. The van der Waals surface area contributed by atoms with Crippen LogP contribution < -0.4 is 0 Å². The first kappa shape index (κ1) is 14.4. The Kier molecular flexibility index (Phi) is 3.92. The maximum atomic E-state index is 12.7. The third kappa shape index (κ3) is 3.12. The summed E-state index contributed by atoms with van der Waals surface area (Å²) in [5.74, 6) is 0. The van der Waals surface area contributed by atoms with Gasteiger partial charge in [-0.05, 0) is 44.4 Å². The fourth-order valence-corrected chi connectivity index (χ4v) is 2.55. The predicted molar refractivity (Wildman–Crippen MR) is 69.6 cm³/mol. The quantitative estimate of drug-likeness (QED) is 0.767. The number of benzene rings is 1. The number of hydrogen-bond acceptors (Lipinski definition) is 2. The van der Waals surface area contributed by atoms with Gasteiger partial charge in [-0.15, -0.1) is 0 Å². The zero-order valence-corrected chi connectivity index (χ0v) is 11.4. The SMILES string of the molecule is CC(C)[S+]([O-])N=C1CCc2ccc(C(F)(F)F)cc21. The van der Waals surface area contributed by atoms with Crippen LogP contribution in [-0.2, 0) is 24.0 Å². The van der Waals surface area contributed by atoms with E-state index in [1.165, 1.54) is 6.07 Å². The van der Waals surface area contributed by atoms with Crippen molar-refractivity contribution in [1.82, 2.24) is 0 Å². The molecule has 0 bridgehead atoms. The molecule has 2 rings (SSSR count). The van der Waals surface area contributed by atoms with E-state index in [4.69, 9.17) is 0 Å². The maximum absolute atomic E-state index is 12.7. The highest BCUT2D eigenvalue weighted by Crippen LogP contribution is 2.33. The van der Waals surface area contributed by atoms with Gasteiger partial charge in [0.15, 0.2) is 0 Å². The molecule has 2 nitrogen and oxygen atoms in total. The summed E-state index contributed by atoms with van der Waals surface area (Å²) in [7, 11) is 0. The molecule has 6 heteroatoms. The van der Waals surface area contributed by atoms with Crippen LogP contribution >= 0.6 is 0 Å². The highest BCUT2D eigenvalue weighted by Gasteiger charge is 2.33. The Morgan fingerprint density at radius 2 is 1.95 bits per heavy atom. The molecule has 0 N–H and O–H groups in total. The van der Waals surface area contributed by atoms with Crippen LogP contribution in [-0.4, -0.2) is 15.5 Å². The minimum atomic E-state index is -4.36. The molecular formula is C13H14F3NOS. The fraction of sp³-hybridized carbons (Fsp3) is 0.462. The summed E-state index contributed by atoms with van der Waals surface area (Å²) in [4.78, 5) is 0. The highest BCUT2D eigenvalue weighted by molar-refractivity contribution is 7.90. The smallest absolute Gasteiger partial charge is 0.416 e. The van der Waals surface area contributed by atoms with Crippen LogP contribution in [0.5, 0.6) is 0 Å². The number of nitrogens with zero attached hydrogens (tertiary/aromatic N) is 1. The van der Waals surface area contributed by atoms with Crippen molar-refractivity contribution >= 4 is 17.1 Å². The van der Waals surface area contributed by atoms with Gasteiger partial charge in [-0.2, -0.15) is 13.2 Å². The Labute approximate surface area is 113 Å². The van der Waals surface area contributed by atoms with Crippen molar-refractivity contribution < 1.29 is 17.7 Å². The third-order valence-corrected chi connectivity index (χ3v) is 4.19. The minimum Gasteiger partial charge on any atom is -0.591 e. The number of aryl methyl sites for hydroxylation is 1. The van der Waals surface area contributed by atoms with Gasteiger partial charge < -0.3 is 4.55 Å². The standard InChI is InChI=1S/C13H14F3NOS/c1-8(2)19(18)17-12-6-4-9-3-5-10(7-11(9)12)13(14,15)16/h3,5,7-8H,4,6H2,1-2H3. The Hall–Kier alpha value is -1.01. The van der Waals surface area contributed by atoms with Crippen molar-refractivity contribution in [1.29, 1.82) is 0 Å². The lowest BCUT2D eigenvalue weighted by molar-refractivity contribution is -0.137. The molecule has 1 aromatic rings. The van der Waals surface area contributed by atoms with Gasteiger partial charge in [-0.3, -0.25) is 0 Å². The third-order valence-electron chi connectivity index (χ3n) is 2.98. The monoisotopic (exact) mass is 289 g/mol. The molecule has 0 aromatic heterocycles. The highest BCUT2D eigenvalue weighted by atomic mass is 32.2. The lowest BCUT2D eigenvalue weighted by Crippen LogP contribution is -2.13. The first-order chi connectivity index (χ1) is 8.79. The van der Waals surface area contributed by atoms with Crippen molar-refractivity contribution in [3.63, 3.8) is 0 Å². The van der Waals surface area contributed by atoms with Gasteiger partial charge in [0.25, 0.3) is 0 Å². The van der Waals surface area contributed by atoms with Crippen LogP contribution in [0.3, 0.4) is 0 Å². The molecule has 1 aromatic carbocycles. The van der Waals surface area contributed by atoms with Gasteiger partial charge in [0.05, 0.1) is 22.6 Å². The molecule has 0 heterocycles. The summed E-state index contributed by atoms with van der Waals surface area (Å²) in [6, 6.07) is 3.68. The van der Waals surface area contributed by atoms with E-state index >= 15 is 0 Å². The maximum Gasteiger partial charge on any atom is 0.416 e. The molecule has 0 saturated carbocycles. The summed E-state index contributed by atoms with van der Waals surface area (Å²) >= 11 is -1.39. The van der Waals surface area contributed by atoms with E-state index in [-0.39, 0.29) is 5.25 Å². The second-order valence-electron chi connectivity index (χ2n) is 4.73. The number of halogens is 3. The van der Waals surface area contributed by atoms with Crippen molar-refractivity contribution in [3.8, 4) is 0 Å². The van der Waals surface area contributed by atoms with Crippen molar-refractivity contribution in [2.75, 3.05) is 0 Å². The molecule has 0 spiro atoms. The molecule has 1 atom stereocenters. The lowest BCUT2D eigenvalue weighted by atomic mass is 10.1. The first-order valence-electron chi connectivity index (χ1n) is 5.98. The normalized spacial score (nSPS) is 19.0. The van der Waals surface area contributed by atoms with Gasteiger partial charge in [0, 0.05) is 5.56 Å². The second kappa shape index (κ2) is 5.17. The molecule has 1 aliphatic rings. The van der Waals surface area contributed by atoms with Crippen LogP contribution in [0.25, 0.3) is 0 Å². The largest absolute Gasteiger partial charge is 0.591 e. The lowest BCUT2D eigenvalue weighted by Gasteiger charge is -2.10. The van der Waals surface area contributed by atoms with E-state index in [9.17, 15) is 17.7 Å². The Balaban J connectivity index is 2.38. The molecule has 0 amide bonds. The van der Waals surface area contributed by atoms with E-state index in [0.29, 0.717) is 24.1 Å². The van der Waals surface area contributed by atoms with E-state index in [1.807, 2.05) is 0 Å². The predicted octanol–water partition coefficient (Wildman–Crippen LogP) is 3.51. The number of alkyl halides is 3. The van der Waals surface area contributed by atoms with Crippen molar-refractivity contribution in [2.24, 2.45) is 4.40 Å². The molecule has 0 radical (unpaired) electrons. The Bertz CT molecular complexity index is 511. The van der Waals surface area contributed by atoms with Crippen LogP contribution in [0.4, 0.5) is 13.2 Å². The average molecular weight is 289 g/mol. The van der Waals surface area contributed by atoms with Crippen LogP contribution in [0, 0.1) is 0 Å². The van der Waals surface area contributed by atoms with Crippen molar-refractivity contribution in [2.45, 2.75) is 38.1 Å². The summed E-state index contributed by atoms with van der Waals surface area (Å²) in [5, 5.41) is -0.137. The number of rotatable bonds is 2. The van der Waals surface area contributed by atoms with Gasteiger partial charge in [-0.25, -0.2) is 0 Å². The molecule has 1 aliphatic carbocycles. The molecule has 1 unspecified atom stereocenters. The second-order valence-corrected chi connectivity index (χ2v) is 6.41. The van der Waals surface area contributed by atoms with E-state index in [2.05, 4.69) is 4.40 Å². The molecule has 0 saturated heterocycles. The summed E-state index contributed by atoms with van der Waals surface area (Å²) in [6.07, 6.45) is -3.16. The van der Waals surface area contributed by atoms with E-state index < -0.39 is 23.1 Å². The van der Waals surface area contributed by atoms with Crippen LogP contribution in [0.1, 0.15) is 37.0 Å².